The zero-order valence-electron chi connectivity index (χ0n) is 21.4. The van der Waals surface area contributed by atoms with E-state index < -0.39 is 54.0 Å². The van der Waals surface area contributed by atoms with Gasteiger partial charge in [0.1, 0.15) is 18.2 Å². The first-order valence-electron chi connectivity index (χ1n) is 12.6. The Hall–Kier alpha value is -2.21. The molecule has 208 valence electrons. The van der Waals surface area contributed by atoms with Crippen LogP contribution in [0.3, 0.4) is 0 Å². The second-order valence-corrected chi connectivity index (χ2v) is 12.7. The van der Waals surface area contributed by atoms with Crippen LogP contribution in [0.5, 0.6) is 0 Å². The highest BCUT2D eigenvalue weighted by Crippen LogP contribution is 2.24. The number of halogens is 1. The summed E-state index contributed by atoms with van der Waals surface area (Å²) in [6, 6.07) is 4.28. The number of fused-ring (bicyclic) bond motifs is 7. The maximum absolute atomic E-state index is 13.5. The molecule has 0 aromatic heterocycles. The summed E-state index contributed by atoms with van der Waals surface area (Å²) in [5, 5.41) is 19.6. The molecule has 3 amide bonds. The van der Waals surface area contributed by atoms with E-state index in [9.17, 15) is 24.3 Å². The SMILES string of the molecule is CC(C)[C@H]1NC(=O)[C@H]2CSSCC/C=C/[C@H](CC(=O)N[C@H](Cc3cccc(Cl)c3)C(=O)N2)OC(=O)C[C@@H]1O. The van der Waals surface area contributed by atoms with Gasteiger partial charge in [-0.25, -0.2) is 0 Å². The predicted octanol–water partition coefficient (Wildman–Crippen LogP) is 2.40. The summed E-state index contributed by atoms with van der Waals surface area (Å²) in [5.41, 5.74) is 0.727. The minimum atomic E-state index is -1.21. The van der Waals surface area contributed by atoms with E-state index in [-0.39, 0.29) is 30.9 Å². The van der Waals surface area contributed by atoms with Gasteiger partial charge in [0.2, 0.25) is 17.7 Å². The third-order valence-electron chi connectivity index (χ3n) is 6.14. The Morgan fingerprint density at radius 2 is 1.87 bits per heavy atom. The van der Waals surface area contributed by atoms with Crippen LogP contribution >= 0.6 is 33.2 Å². The van der Waals surface area contributed by atoms with Gasteiger partial charge in [-0.2, -0.15) is 0 Å². The fourth-order valence-corrected chi connectivity index (χ4v) is 6.54. The number of allylic oxidation sites excluding steroid dienone is 1. The maximum atomic E-state index is 13.5. The monoisotopic (exact) mass is 583 g/mol. The average molecular weight is 584 g/mol. The summed E-state index contributed by atoms with van der Waals surface area (Å²) >= 11 is 6.12. The lowest BCUT2D eigenvalue weighted by atomic mass is 9.96. The van der Waals surface area contributed by atoms with Gasteiger partial charge in [0.25, 0.3) is 0 Å². The standard InChI is InChI=1S/C26H34ClN3O6S2/c1-15(2)24-21(31)13-23(33)36-18-8-3-4-9-37-38-14-20(26(35)30-24)29-25(34)19(28-22(32)12-18)11-16-6-5-7-17(27)10-16/h3,5-8,10,15,18-21,24,31H,4,9,11-14H2,1-2H3,(H,28,32)(H,29,34)(H,30,35)/b8-3+/t18-,19-,20-,21+,24-/m1/s1. The van der Waals surface area contributed by atoms with E-state index in [0.717, 1.165) is 11.3 Å². The molecule has 2 heterocycles. The summed E-state index contributed by atoms with van der Waals surface area (Å²) in [6.45, 7) is 3.64. The summed E-state index contributed by atoms with van der Waals surface area (Å²) in [7, 11) is 3.00. The Morgan fingerprint density at radius 1 is 1.08 bits per heavy atom. The van der Waals surface area contributed by atoms with E-state index in [2.05, 4.69) is 16.0 Å². The highest BCUT2D eigenvalue weighted by molar-refractivity contribution is 8.76. The van der Waals surface area contributed by atoms with Crippen molar-refractivity contribution in [3.63, 3.8) is 0 Å². The van der Waals surface area contributed by atoms with E-state index in [0.29, 0.717) is 11.4 Å². The molecule has 4 N–H and O–H groups in total. The molecule has 1 aromatic rings. The number of carbonyl (C=O) groups is 4. The molecular weight excluding hydrogens is 550 g/mol. The molecule has 0 aliphatic carbocycles. The number of esters is 1. The van der Waals surface area contributed by atoms with Crippen LogP contribution in [0.25, 0.3) is 0 Å². The predicted molar refractivity (Wildman–Crippen MR) is 150 cm³/mol. The largest absolute Gasteiger partial charge is 0.457 e. The summed E-state index contributed by atoms with van der Waals surface area (Å²) in [5.74, 6) is -1.40. The van der Waals surface area contributed by atoms with Crippen LogP contribution in [0.1, 0.15) is 38.7 Å². The number of amides is 3. The minimum absolute atomic E-state index is 0.141. The normalized spacial score (nSPS) is 29.1. The second-order valence-electron chi connectivity index (χ2n) is 9.62. The van der Waals surface area contributed by atoms with Crippen LogP contribution in [-0.4, -0.2) is 70.6 Å². The highest BCUT2D eigenvalue weighted by atomic mass is 35.5. The number of nitrogens with one attached hydrogen (secondary N) is 3. The molecule has 12 heteroatoms. The van der Waals surface area contributed by atoms with Gasteiger partial charge in [-0.1, -0.05) is 65.2 Å². The molecule has 0 unspecified atom stereocenters. The number of carbonyl (C=O) groups excluding carboxylic acids is 4. The Balaban J connectivity index is 1.99. The van der Waals surface area contributed by atoms with E-state index >= 15 is 0 Å². The Morgan fingerprint density at radius 3 is 2.61 bits per heavy atom. The molecule has 3 rings (SSSR count). The topological polar surface area (TPSA) is 134 Å². The van der Waals surface area contributed by atoms with Gasteiger partial charge in [-0.15, -0.1) is 0 Å². The van der Waals surface area contributed by atoms with Crippen molar-refractivity contribution in [1.29, 1.82) is 0 Å². The summed E-state index contributed by atoms with van der Waals surface area (Å²) in [6.07, 6.45) is 1.66. The van der Waals surface area contributed by atoms with Gasteiger partial charge in [-0.3, -0.25) is 19.2 Å². The molecule has 1 fully saturated rings. The number of aliphatic hydroxyl groups is 1. The van der Waals surface area contributed by atoms with Crippen molar-refractivity contribution in [2.45, 2.75) is 69.9 Å². The van der Waals surface area contributed by atoms with Crippen molar-refractivity contribution in [2.24, 2.45) is 5.92 Å². The van der Waals surface area contributed by atoms with Gasteiger partial charge in [0.15, 0.2) is 0 Å². The lowest BCUT2D eigenvalue weighted by Gasteiger charge is -2.29. The van der Waals surface area contributed by atoms with Crippen molar-refractivity contribution in [3.8, 4) is 0 Å². The molecule has 0 spiro atoms. The van der Waals surface area contributed by atoms with Crippen LogP contribution < -0.4 is 16.0 Å². The van der Waals surface area contributed by atoms with Gasteiger partial charge >= 0.3 is 5.97 Å². The van der Waals surface area contributed by atoms with Crippen molar-refractivity contribution in [3.05, 3.63) is 47.0 Å². The third-order valence-corrected chi connectivity index (χ3v) is 8.82. The van der Waals surface area contributed by atoms with Gasteiger partial charge in [0, 0.05) is 22.9 Å². The molecular formula is C26H34ClN3O6S2. The van der Waals surface area contributed by atoms with E-state index in [1.807, 2.05) is 19.9 Å². The van der Waals surface area contributed by atoms with Crippen LogP contribution in [0.15, 0.2) is 36.4 Å². The van der Waals surface area contributed by atoms with E-state index in [1.54, 1.807) is 41.1 Å². The fraction of sp³-hybridized carbons (Fsp3) is 0.538. The maximum Gasteiger partial charge on any atom is 0.309 e. The lowest BCUT2D eigenvalue weighted by molar-refractivity contribution is -0.151. The molecule has 2 aliphatic rings. The van der Waals surface area contributed by atoms with Crippen LogP contribution in [0.2, 0.25) is 5.02 Å². The first-order valence-corrected chi connectivity index (χ1v) is 15.4. The molecule has 1 aromatic carbocycles. The number of rotatable bonds is 3. The Bertz CT molecular complexity index is 1040. The van der Waals surface area contributed by atoms with Crippen LogP contribution in [0.4, 0.5) is 0 Å². The smallest absolute Gasteiger partial charge is 0.309 e. The highest BCUT2D eigenvalue weighted by Gasteiger charge is 2.33. The number of ether oxygens (including phenoxy) is 1. The van der Waals surface area contributed by atoms with Crippen molar-refractivity contribution in [1.82, 2.24) is 16.0 Å². The average Bonchev–Trinajstić information content (AvgIpc) is 2.84. The molecule has 9 nitrogen and oxygen atoms in total. The van der Waals surface area contributed by atoms with Gasteiger partial charge in [-0.05, 0) is 36.1 Å². The second kappa shape index (κ2) is 14.8. The van der Waals surface area contributed by atoms with Crippen molar-refractivity contribution < 1.29 is 29.0 Å². The quantitative estimate of drug-likeness (QED) is 0.242. The first-order chi connectivity index (χ1) is 18.1. The van der Waals surface area contributed by atoms with E-state index in [4.69, 9.17) is 16.3 Å². The molecule has 2 aliphatic heterocycles. The lowest BCUT2D eigenvalue weighted by Crippen LogP contribution is -2.58. The molecule has 5 atom stereocenters. The molecule has 2 bridgehead atoms. The number of hydrogen-bond acceptors (Lipinski definition) is 8. The first kappa shape index (κ1) is 30.3. The fourth-order valence-electron chi connectivity index (χ4n) is 4.18. The van der Waals surface area contributed by atoms with Gasteiger partial charge in [0.05, 0.1) is 25.0 Å². The summed E-state index contributed by atoms with van der Waals surface area (Å²) < 4.78 is 5.54. The molecule has 0 saturated carbocycles. The molecule has 38 heavy (non-hydrogen) atoms. The summed E-state index contributed by atoms with van der Waals surface area (Å²) in [4.78, 5) is 52.6. The Kier molecular flexibility index (Phi) is 11.8. The molecule has 0 radical (unpaired) electrons. The zero-order chi connectivity index (χ0) is 27.7. The van der Waals surface area contributed by atoms with E-state index in [1.165, 1.54) is 10.8 Å². The molecule has 1 saturated heterocycles. The van der Waals surface area contributed by atoms with Crippen LogP contribution in [-0.2, 0) is 30.3 Å². The van der Waals surface area contributed by atoms with Crippen molar-refractivity contribution >= 4 is 56.9 Å². The number of aliphatic hydroxyl groups excluding tert-OH is 1. The van der Waals surface area contributed by atoms with Gasteiger partial charge < -0.3 is 25.8 Å². The van der Waals surface area contributed by atoms with Crippen molar-refractivity contribution in [2.75, 3.05) is 11.5 Å². The van der Waals surface area contributed by atoms with Crippen LogP contribution in [0, 0.1) is 5.92 Å². The third kappa shape index (κ3) is 9.52. The zero-order valence-corrected chi connectivity index (χ0v) is 23.7. The number of benzene rings is 1. The Labute approximate surface area is 235 Å². The minimum Gasteiger partial charge on any atom is -0.457 e. The number of hydrogen-bond donors (Lipinski definition) is 4.